The van der Waals surface area contributed by atoms with Crippen LogP contribution in [-0.2, 0) is 25.5 Å². The maximum atomic E-state index is 12.1. The first-order valence-electron chi connectivity index (χ1n) is 8.24. The Morgan fingerprint density at radius 3 is 2.36 bits per heavy atom. The Bertz CT molecular complexity index is 868. The molecule has 28 heavy (non-hydrogen) atoms. The number of rotatable bonds is 8. The fourth-order valence-electron chi connectivity index (χ4n) is 2.44. The van der Waals surface area contributed by atoms with Crippen LogP contribution in [0.25, 0.3) is 0 Å². The van der Waals surface area contributed by atoms with Crippen LogP contribution in [0, 0.1) is 10.1 Å². The Morgan fingerprint density at radius 1 is 1.07 bits per heavy atom. The molecule has 0 heterocycles. The van der Waals surface area contributed by atoms with Crippen molar-refractivity contribution in [1.82, 2.24) is 5.32 Å². The number of methoxy groups -OCH3 is 1. The van der Waals surface area contributed by atoms with Crippen molar-refractivity contribution >= 4 is 23.5 Å². The quantitative estimate of drug-likeness (QED) is 0.415. The summed E-state index contributed by atoms with van der Waals surface area (Å²) >= 11 is 0. The highest BCUT2D eigenvalue weighted by Crippen LogP contribution is 2.18. The fourth-order valence-corrected chi connectivity index (χ4v) is 2.44. The van der Waals surface area contributed by atoms with Crippen molar-refractivity contribution < 1.29 is 28.8 Å². The lowest BCUT2D eigenvalue weighted by molar-refractivity contribution is -0.385. The zero-order valence-electron chi connectivity index (χ0n) is 15.0. The summed E-state index contributed by atoms with van der Waals surface area (Å²) in [7, 11) is 1.20. The molecule has 0 aliphatic rings. The third-order valence-corrected chi connectivity index (χ3v) is 3.76. The normalized spacial score (nSPS) is 11.2. The van der Waals surface area contributed by atoms with Crippen molar-refractivity contribution in [2.45, 2.75) is 12.5 Å². The van der Waals surface area contributed by atoms with Gasteiger partial charge in [-0.3, -0.25) is 14.9 Å². The fraction of sp³-hybridized carbons (Fsp3) is 0.211. The maximum absolute atomic E-state index is 12.1. The van der Waals surface area contributed by atoms with E-state index in [4.69, 9.17) is 4.74 Å². The van der Waals surface area contributed by atoms with E-state index >= 15 is 0 Å². The van der Waals surface area contributed by atoms with Crippen LogP contribution in [-0.4, -0.2) is 42.5 Å². The van der Waals surface area contributed by atoms with Gasteiger partial charge in [0.05, 0.1) is 12.0 Å². The van der Waals surface area contributed by atoms with Gasteiger partial charge in [0.2, 0.25) is 0 Å². The molecule has 1 N–H and O–H groups in total. The van der Waals surface area contributed by atoms with Gasteiger partial charge in [-0.2, -0.15) is 0 Å². The second-order valence-corrected chi connectivity index (χ2v) is 5.68. The smallest absolute Gasteiger partial charge is 0.345 e. The highest BCUT2D eigenvalue weighted by atomic mass is 16.6. The van der Waals surface area contributed by atoms with Crippen LogP contribution in [0.5, 0.6) is 0 Å². The lowest BCUT2D eigenvalue weighted by Gasteiger charge is -2.16. The third kappa shape index (κ3) is 5.63. The largest absolute Gasteiger partial charge is 0.467 e. The summed E-state index contributed by atoms with van der Waals surface area (Å²) in [4.78, 5) is 46.3. The molecule has 2 aromatic carbocycles. The van der Waals surface area contributed by atoms with Gasteiger partial charge in [-0.25, -0.2) is 9.59 Å². The highest BCUT2D eigenvalue weighted by molar-refractivity contribution is 5.95. The van der Waals surface area contributed by atoms with E-state index in [0.29, 0.717) is 0 Å². The van der Waals surface area contributed by atoms with Gasteiger partial charge in [0.15, 0.2) is 6.61 Å². The number of amides is 1. The van der Waals surface area contributed by atoms with Crippen molar-refractivity contribution in [3.05, 3.63) is 75.8 Å². The number of ether oxygens (including phenoxy) is 2. The number of hydrogen-bond donors (Lipinski definition) is 1. The third-order valence-electron chi connectivity index (χ3n) is 3.76. The van der Waals surface area contributed by atoms with E-state index in [9.17, 15) is 24.5 Å². The van der Waals surface area contributed by atoms with Gasteiger partial charge in [0.1, 0.15) is 11.6 Å². The minimum Gasteiger partial charge on any atom is -0.467 e. The molecule has 1 amide bonds. The van der Waals surface area contributed by atoms with Gasteiger partial charge in [-0.15, -0.1) is 0 Å². The average molecular weight is 386 g/mol. The predicted octanol–water partition coefficient (Wildman–Crippen LogP) is 1.65. The van der Waals surface area contributed by atoms with E-state index in [-0.39, 0.29) is 12.0 Å². The average Bonchev–Trinajstić information content (AvgIpc) is 2.71. The van der Waals surface area contributed by atoms with Crippen LogP contribution >= 0.6 is 0 Å². The first kappa shape index (κ1) is 20.6. The molecule has 0 spiro atoms. The summed E-state index contributed by atoms with van der Waals surface area (Å²) in [6, 6.07) is 13.2. The minimum absolute atomic E-state index is 0.192. The van der Waals surface area contributed by atoms with Gasteiger partial charge in [-0.1, -0.05) is 42.5 Å². The summed E-state index contributed by atoms with van der Waals surface area (Å²) in [6.45, 7) is -0.701. The van der Waals surface area contributed by atoms with E-state index in [1.54, 1.807) is 24.3 Å². The summed E-state index contributed by atoms with van der Waals surface area (Å²) in [5.74, 6) is -2.40. The van der Waals surface area contributed by atoms with Crippen molar-refractivity contribution in [1.29, 1.82) is 0 Å². The minimum atomic E-state index is -1.01. The van der Waals surface area contributed by atoms with E-state index < -0.39 is 41.1 Å². The van der Waals surface area contributed by atoms with Crippen LogP contribution in [0.1, 0.15) is 15.9 Å². The first-order valence-corrected chi connectivity index (χ1v) is 8.24. The zero-order valence-corrected chi connectivity index (χ0v) is 15.0. The molecule has 2 aromatic rings. The molecule has 0 bridgehead atoms. The number of nitrogens with zero attached hydrogens (tertiary/aromatic N) is 1. The number of benzene rings is 2. The Hall–Kier alpha value is -3.75. The number of nitro benzene ring substituents is 1. The Morgan fingerprint density at radius 2 is 1.71 bits per heavy atom. The van der Waals surface area contributed by atoms with Crippen LogP contribution in [0.2, 0.25) is 0 Å². The molecule has 0 fully saturated rings. The van der Waals surface area contributed by atoms with Crippen LogP contribution in [0.4, 0.5) is 5.69 Å². The lowest BCUT2D eigenvalue weighted by Crippen LogP contribution is -2.44. The number of nitro groups is 1. The van der Waals surface area contributed by atoms with E-state index in [1.165, 1.54) is 25.3 Å². The summed E-state index contributed by atoms with van der Waals surface area (Å²) < 4.78 is 9.52. The molecule has 2 rings (SSSR count). The van der Waals surface area contributed by atoms with Gasteiger partial charge in [0.25, 0.3) is 11.6 Å². The predicted molar refractivity (Wildman–Crippen MR) is 97.5 cm³/mol. The van der Waals surface area contributed by atoms with Crippen molar-refractivity contribution in [3.63, 3.8) is 0 Å². The summed E-state index contributed by atoms with van der Waals surface area (Å²) in [5, 5.41) is 13.4. The molecule has 146 valence electrons. The molecular formula is C19H18N2O7. The van der Waals surface area contributed by atoms with Gasteiger partial charge < -0.3 is 14.8 Å². The van der Waals surface area contributed by atoms with Crippen LogP contribution in [0.3, 0.4) is 0 Å². The van der Waals surface area contributed by atoms with Crippen LogP contribution < -0.4 is 5.32 Å². The van der Waals surface area contributed by atoms with E-state index in [2.05, 4.69) is 10.1 Å². The van der Waals surface area contributed by atoms with Crippen molar-refractivity contribution in [2.24, 2.45) is 0 Å². The number of hydrogen-bond acceptors (Lipinski definition) is 7. The second kappa shape index (κ2) is 9.81. The molecule has 0 unspecified atom stereocenters. The van der Waals surface area contributed by atoms with Gasteiger partial charge >= 0.3 is 11.9 Å². The SMILES string of the molecule is COC(=O)[C@@H](Cc1ccccc1)NC(=O)COC(=O)c1ccccc1[N+](=O)[O-]. The highest BCUT2D eigenvalue weighted by Gasteiger charge is 2.24. The lowest BCUT2D eigenvalue weighted by atomic mass is 10.1. The zero-order chi connectivity index (χ0) is 20.5. The molecule has 1 atom stereocenters. The van der Waals surface area contributed by atoms with E-state index in [1.807, 2.05) is 6.07 Å². The second-order valence-electron chi connectivity index (χ2n) is 5.68. The van der Waals surface area contributed by atoms with Crippen LogP contribution in [0.15, 0.2) is 54.6 Å². The monoisotopic (exact) mass is 386 g/mol. The Kier molecular flexibility index (Phi) is 7.21. The van der Waals surface area contributed by atoms with Crippen molar-refractivity contribution in [2.75, 3.05) is 13.7 Å². The van der Waals surface area contributed by atoms with Crippen molar-refractivity contribution in [3.8, 4) is 0 Å². The number of carbonyl (C=O) groups is 3. The number of esters is 2. The summed E-state index contributed by atoms with van der Waals surface area (Å²) in [5.41, 5.74) is 0.105. The van der Waals surface area contributed by atoms with E-state index in [0.717, 1.165) is 11.6 Å². The van der Waals surface area contributed by atoms with Gasteiger partial charge in [0, 0.05) is 12.5 Å². The first-order chi connectivity index (χ1) is 13.4. The Balaban J connectivity index is 1.98. The molecule has 0 aliphatic carbocycles. The topological polar surface area (TPSA) is 125 Å². The molecular weight excluding hydrogens is 368 g/mol. The molecule has 0 saturated carbocycles. The maximum Gasteiger partial charge on any atom is 0.345 e. The van der Waals surface area contributed by atoms with Gasteiger partial charge in [-0.05, 0) is 11.6 Å². The molecule has 0 radical (unpaired) electrons. The molecule has 0 aliphatic heterocycles. The molecule has 0 saturated heterocycles. The molecule has 9 heteroatoms. The standard InChI is InChI=1S/C19H18N2O7/c1-27-19(24)15(11-13-7-3-2-4-8-13)20-17(22)12-28-18(23)14-9-5-6-10-16(14)21(25)26/h2-10,15H,11-12H2,1H3,(H,20,22)/t15-/m1/s1. The molecule has 0 aromatic heterocycles. The summed E-state index contributed by atoms with van der Waals surface area (Å²) in [6.07, 6.45) is 0.192. The molecule has 9 nitrogen and oxygen atoms in total. The Labute approximate surface area is 160 Å². The number of carbonyl (C=O) groups excluding carboxylic acids is 3. The number of nitrogens with one attached hydrogen (secondary N) is 1. The number of para-hydroxylation sites is 1.